The van der Waals surface area contributed by atoms with Gasteiger partial charge in [0.05, 0.1) is 12.6 Å². The van der Waals surface area contributed by atoms with Gasteiger partial charge in [0, 0.05) is 6.16 Å². The van der Waals surface area contributed by atoms with Gasteiger partial charge in [-0.15, -0.1) is 0 Å². The normalized spacial score (nSPS) is 18.8. The van der Waals surface area contributed by atoms with E-state index < -0.39 is 19.8 Å². The number of aldehydes is 1. The topological polar surface area (TPSA) is 92.4 Å². The van der Waals surface area contributed by atoms with Gasteiger partial charge < -0.3 is 24.5 Å². The van der Waals surface area contributed by atoms with Crippen molar-refractivity contribution < 1.29 is 18.8 Å². The van der Waals surface area contributed by atoms with E-state index in [0.29, 0.717) is 6.29 Å². The van der Waals surface area contributed by atoms with Crippen molar-refractivity contribution in [3.8, 4) is 0 Å². The number of rotatable bonds is 5. The molecule has 2 atom stereocenters. The Labute approximate surface area is 65.1 Å². The third-order valence-corrected chi connectivity index (χ3v) is 2.46. The SMILES string of the molecule is CCOP(=O)([O-])CC(N)C=O. The van der Waals surface area contributed by atoms with Crippen molar-refractivity contribution in [3.05, 3.63) is 0 Å². The Balaban J connectivity index is 3.90. The Hall–Kier alpha value is -0.220. The molecule has 0 fully saturated rings. The lowest BCUT2D eigenvalue weighted by Gasteiger charge is -2.23. The van der Waals surface area contributed by atoms with Gasteiger partial charge in [-0.1, -0.05) is 0 Å². The van der Waals surface area contributed by atoms with Gasteiger partial charge in [0.2, 0.25) is 0 Å². The van der Waals surface area contributed by atoms with Crippen LogP contribution >= 0.6 is 7.60 Å². The first-order valence-corrected chi connectivity index (χ1v) is 4.90. The number of carbonyl (C=O) groups is 1. The van der Waals surface area contributed by atoms with E-state index in [4.69, 9.17) is 5.73 Å². The zero-order valence-electron chi connectivity index (χ0n) is 6.23. The van der Waals surface area contributed by atoms with Crippen LogP contribution < -0.4 is 10.6 Å². The summed E-state index contributed by atoms with van der Waals surface area (Å²) >= 11 is 0. The highest BCUT2D eigenvalue weighted by atomic mass is 31.2. The van der Waals surface area contributed by atoms with Crippen molar-refractivity contribution in [2.75, 3.05) is 12.8 Å². The van der Waals surface area contributed by atoms with Crippen LogP contribution in [-0.2, 0) is 13.9 Å². The molecule has 0 radical (unpaired) electrons. The van der Waals surface area contributed by atoms with E-state index >= 15 is 0 Å². The predicted molar refractivity (Wildman–Crippen MR) is 38.1 cm³/mol. The van der Waals surface area contributed by atoms with E-state index in [1.54, 1.807) is 6.92 Å². The summed E-state index contributed by atoms with van der Waals surface area (Å²) in [5.41, 5.74) is 5.07. The van der Waals surface area contributed by atoms with Crippen LogP contribution in [0.15, 0.2) is 0 Å². The molecule has 0 amide bonds. The lowest BCUT2D eigenvalue weighted by Crippen LogP contribution is -2.29. The molecule has 0 aromatic heterocycles. The third kappa shape index (κ3) is 5.09. The van der Waals surface area contributed by atoms with Gasteiger partial charge in [0.15, 0.2) is 0 Å². The molecule has 0 aliphatic carbocycles. The van der Waals surface area contributed by atoms with E-state index in [-0.39, 0.29) is 6.61 Å². The van der Waals surface area contributed by atoms with Gasteiger partial charge in [0.1, 0.15) is 13.9 Å². The average molecular weight is 180 g/mol. The largest absolute Gasteiger partial charge is 0.778 e. The van der Waals surface area contributed by atoms with Crippen molar-refractivity contribution >= 4 is 13.9 Å². The Kier molecular flexibility index (Phi) is 4.52. The van der Waals surface area contributed by atoms with E-state index in [9.17, 15) is 14.3 Å². The number of nitrogens with two attached hydrogens (primary N) is 1. The Morgan fingerprint density at radius 2 is 2.36 bits per heavy atom. The molecule has 6 heteroatoms. The second-order valence-electron chi connectivity index (χ2n) is 2.01. The van der Waals surface area contributed by atoms with Crippen LogP contribution in [-0.4, -0.2) is 25.1 Å². The molecule has 0 rings (SSSR count). The summed E-state index contributed by atoms with van der Waals surface area (Å²) in [6, 6.07) is -0.982. The van der Waals surface area contributed by atoms with Crippen LogP contribution in [0.25, 0.3) is 0 Å². The molecule has 0 aromatic rings. The lowest BCUT2D eigenvalue weighted by molar-refractivity contribution is -0.198. The summed E-state index contributed by atoms with van der Waals surface area (Å²) in [4.78, 5) is 20.7. The molecule has 0 aliphatic heterocycles. The molecule has 0 spiro atoms. The minimum absolute atomic E-state index is 0.0757. The molecule has 0 heterocycles. The molecule has 0 aliphatic rings. The fourth-order valence-electron chi connectivity index (χ4n) is 0.551. The number of hydrogen-bond donors (Lipinski definition) is 1. The summed E-state index contributed by atoms with van der Waals surface area (Å²) in [5.74, 6) is 0. The maximum absolute atomic E-state index is 10.8. The maximum atomic E-state index is 10.8. The molecule has 0 aromatic carbocycles. The van der Waals surface area contributed by atoms with Gasteiger partial charge in [-0.2, -0.15) is 0 Å². The second kappa shape index (κ2) is 4.62. The van der Waals surface area contributed by atoms with Gasteiger partial charge in [-0.25, -0.2) is 0 Å². The first-order chi connectivity index (χ1) is 5.02. The van der Waals surface area contributed by atoms with E-state index in [1.807, 2.05) is 0 Å². The quantitative estimate of drug-likeness (QED) is 0.437. The molecular formula is C5H11NO4P-. The van der Waals surface area contributed by atoms with E-state index in [0.717, 1.165) is 0 Å². The highest BCUT2D eigenvalue weighted by molar-refractivity contribution is 7.51. The van der Waals surface area contributed by atoms with Crippen LogP contribution in [0.3, 0.4) is 0 Å². The summed E-state index contributed by atoms with van der Waals surface area (Å²) in [5, 5.41) is 0. The maximum Gasteiger partial charge on any atom is 0.137 e. The zero-order valence-corrected chi connectivity index (χ0v) is 7.12. The Morgan fingerprint density at radius 3 is 2.73 bits per heavy atom. The van der Waals surface area contributed by atoms with Crippen molar-refractivity contribution in [2.45, 2.75) is 13.0 Å². The zero-order chi connectivity index (χ0) is 8.91. The molecule has 66 valence electrons. The van der Waals surface area contributed by atoms with Crippen molar-refractivity contribution in [2.24, 2.45) is 5.73 Å². The molecule has 2 unspecified atom stereocenters. The summed E-state index contributed by atoms with van der Waals surface area (Å²) < 4.78 is 15.1. The average Bonchev–Trinajstić information content (AvgIpc) is 1.86. The van der Waals surface area contributed by atoms with Gasteiger partial charge in [-0.3, -0.25) is 0 Å². The fourth-order valence-corrected chi connectivity index (χ4v) is 1.65. The van der Waals surface area contributed by atoms with Crippen molar-refractivity contribution in [1.29, 1.82) is 0 Å². The van der Waals surface area contributed by atoms with Crippen LogP contribution in [0.4, 0.5) is 0 Å². The number of carbonyl (C=O) groups excluding carboxylic acids is 1. The van der Waals surface area contributed by atoms with Gasteiger partial charge in [-0.05, 0) is 6.92 Å². The Bertz CT molecular complexity index is 172. The van der Waals surface area contributed by atoms with E-state index in [1.165, 1.54) is 0 Å². The third-order valence-electron chi connectivity index (χ3n) is 0.935. The first kappa shape index (κ1) is 10.8. The smallest absolute Gasteiger partial charge is 0.137 e. The molecular weight excluding hydrogens is 169 g/mol. The fraction of sp³-hybridized carbons (Fsp3) is 0.800. The van der Waals surface area contributed by atoms with E-state index in [2.05, 4.69) is 4.52 Å². The molecule has 11 heavy (non-hydrogen) atoms. The predicted octanol–water partition coefficient (Wildman–Crippen LogP) is -0.897. The van der Waals surface area contributed by atoms with Crippen molar-refractivity contribution in [3.63, 3.8) is 0 Å². The minimum atomic E-state index is -3.87. The lowest BCUT2D eigenvalue weighted by atomic mass is 10.4. The van der Waals surface area contributed by atoms with Gasteiger partial charge in [0.25, 0.3) is 0 Å². The standard InChI is InChI=1S/C5H12NO4P/c1-2-10-11(8,9)4-5(6)3-7/h3,5H,2,4,6H2,1H3,(H,8,9)/p-1. The number of hydrogen-bond acceptors (Lipinski definition) is 5. The molecule has 5 nitrogen and oxygen atoms in total. The summed E-state index contributed by atoms with van der Waals surface area (Å²) in [6.07, 6.45) is -0.0477. The van der Waals surface area contributed by atoms with Gasteiger partial charge >= 0.3 is 0 Å². The minimum Gasteiger partial charge on any atom is -0.778 e. The summed E-state index contributed by atoms with van der Waals surface area (Å²) in [6.45, 7) is 1.63. The second-order valence-corrected chi connectivity index (χ2v) is 3.86. The molecule has 0 saturated heterocycles. The molecule has 0 bridgehead atoms. The highest BCUT2D eigenvalue weighted by Gasteiger charge is 2.12. The highest BCUT2D eigenvalue weighted by Crippen LogP contribution is 2.36. The van der Waals surface area contributed by atoms with Crippen LogP contribution in [0, 0.1) is 0 Å². The Morgan fingerprint density at radius 1 is 1.82 bits per heavy atom. The van der Waals surface area contributed by atoms with Crippen LogP contribution in [0.2, 0.25) is 0 Å². The first-order valence-electron chi connectivity index (χ1n) is 3.17. The van der Waals surface area contributed by atoms with Crippen LogP contribution in [0.5, 0.6) is 0 Å². The summed E-state index contributed by atoms with van der Waals surface area (Å²) in [7, 11) is -3.87. The van der Waals surface area contributed by atoms with Crippen molar-refractivity contribution in [1.82, 2.24) is 0 Å². The molecule has 0 saturated carbocycles. The van der Waals surface area contributed by atoms with Crippen LogP contribution in [0.1, 0.15) is 6.92 Å². The molecule has 2 N–H and O–H groups in total. The monoisotopic (exact) mass is 180 g/mol.